The van der Waals surface area contributed by atoms with Crippen LogP contribution in [0.1, 0.15) is 24.2 Å². The maximum Gasteiger partial charge on any atom is 0.337 e. The van der Waals surface area contributed by atoms with Crippen LogP contribution in [0.4, 0.5) is 11.4 Å². The number of aromatic carboxylic acids is 1. The lowest BCUT2D eigenvalue weighted by Gasteiger charge is -2.24. The summed E-state index contributed by atoms with van der Waals surface area (Å²) in [5.41, 5.74) is 5.88. The highest BCUT2D eigenvalue weighted by Gasteiger charge is 2.26. The van der Waals surface area contributed by atoms with E-state index in [0.717, 1.165) is 0 Å². The number of benzene rings is 1. The molecule has 6 nitrogen and oxygen atoms in total. The van der Waals surface area contributed by atoms with Gasteiger partial charge in [0.1, 0.15) is 0 Å². The van der Waals surface area contributed by atoms with Gasteiger partial charge in [-0.3, -0.25) is 4.79 Å². The number of nitrogens with one attached hydrogen (secondary N) is 2. The van der Waals surface area contributed by atoms with Gasteiger partial charge in [-0.1, -0.05) is 6.07 Å². The standard InChI is InChI=1S/C13H19N3O3/c1-13(2,12(19)15-3)7-16-9-6-4-5-8(10(9)14)11(17)18/h4-6,16H,7,14H2,1-3H3,(H,15,19)(H,17,18). The van der Waals surface area contributed by atoms with Crippen molar-refractivity contribution in [2.75, 3.05) is 24.6 Å². The van der Waals surface area contributed by atoms with E-state index in [9.17, 15) is 9.59 Å². The summed E-state index contributed by atoms with van der Waals surface area (Å²) in [5.74, 6) is -1.18. The molecule has 0 heterocycles. The van der Waals surface area contributed by atoms with E-state index < -0.39 is 11.4 Å². The van der Waals surface area contributed by atoms with Gasteiger partial charge in [-0.05, 0) is 26.0 Å². The van der Waals surface area contributed by atoms with Crippen molar-refractivity contribution in [3.63, 3.8) is 0 Å². The number of hydrogen-bond acceptors (Lipinski definition) is 4. The molecule has 1 rings (SSSR count). The Hall–Kier alpha value is -2.24. The van der Waals surface area contributed by atoms with E-state index in [1.54, 1.807) is 33.0 Å². The lowest BCUT2D eigenvalue weighted by atomic mass is 9.92. The summed E-state index contributed by atoms with van der Waals surface area (Å²) in [7, 11) is 1.57. The number of para-hydroxylation sites is 1. The molecule has 0 saturated carbocycles. The van der Waals surface area contributed by atoms with Crippen molar-refractivity contribution in [1.29, 1.82) is 0 Å². The van der Waals surface area contributed by atoms with Crippen LogP contribution in [-0.4, -0.2) is 30.6 Å². The third kappa shape index (κ3) is 3.37. The number of amides is 1. The number of rotatable bonds is 5. The third-order valence-corrected chi connectivity index (χ3v) is 2.90. The molecule has 0 bridgehead atoms. The first kappa shape index (κ1) is 14.8. The minimum Gasteiger partial charge on any atom is -0.478 e. The largest absolute Gasteiger partial charge is 0.478 e. The summed E-state index contributed by atoms with van der Waals surface area (Å²) in [4.78, 5) is 22.6. The topological polar surface area (TPSA) is 104 Å². The van der Waals surface area contributed by atoms with Crippen LogP contribution in [-0.2, 0) is 4.79 Å². The second-order valence-corrected chi connectivity index (χ2v) is 4.89. The fourth-order valence-electron chi connectivity index (χ4n) is 1.64. The molecule has 0 saturated heterocycles. The van der Waals surface area contributed by atoms with Gasteiger partial charge in [-0.25, -0.2) is 4.79 Å². The van der Waals surface area contributed by atoms with E-state index in [1.807, 2.05) is 0 Å². The Labute approximate surface area is 112 Å². The average Bonchev–Trinajstić information content (AvgIpc) is 2.36. The van der Waals surface area contributed by atoms with Gasteiger partial charge in [0.25, 0.3) is 0 Å². The van der Waals surface area contributed by atoms with Crippen LogP contribution < -0.4 is 16.4 Å². The fraction of sp³-hybridized carbons (Fsp3) is 0.385. The van der Waals surface area contributed by atoms with E-state index in [1.165, 1.54) is 6.07 Å². The highest BCUT2D eigenvalue weighted by atomic mass is 16.4. The van der Waals surface area contributed by atoms with Crippen LogP contribution in [0.3, 0.4) is 0 Å². The fourth-order valence-corrected chi connectivity index (χ4v) is 1.64. The number of anilines is 2. The molecule has 1 aromatic rings. The molecule has 1 amide bonds. The Morgan fingerprint density at radius 3 is 2.53 bits per heavy atom. The number of hydrogen-bond donors (Lipinski definition) is 4. The summed E-state index contributed by atoms with van der Waals surface area (Å²) < 4.78 is 0. The summed E-state index contributed by atoms with van der Waals surface area (Å²) in [6, 6.07) is 4.73. The molecule has 0 radical (unpaired) electrons. The number of nitrogens with two attached hydrogens (primary N) is 1. The monoisotopic (exact) mass is 265 g/mol. The molecule has 19 heavy (non-hydrogen) atoms. The maximum atomic E-state index is 11.6. The highest BCUT2D eigenvalue weighted by molar-refractivity contribution is 5.97. The van der Waals surface area contributed by atoms with Gasteiger partial charge < -0.3 is 21.5 Å². The highest BCUT2D eigenvalue weighted by Crippen LogP contribution is 2.24. The van der Waals surface area contributed by atoms with Gasteiger partial charge in [0.15, 0.2) is 0 Å². The first-order valence-corrected chi connectivity index (χ1v) is 5.87. The van der Waals surface area contributed by atoms with Crippen LogP contribution in [0.15, 0.2) is 18.2 Å². The van der Waals surface area contributed by atoms with Crippen molar-refractivity contribution < 1.29 is 14.7 Å². The number of carbonyl (C=O) groups excluding carboxylic acids is 1. The van der Waals surface area contributed by atoms with Crippen LogP contribution >= 0.6 is 0 Å². The average molecular weight is 265 g/mol. The number of nitrogen functional groups attached to an aromatic ring is 1. The molecule has 0 aromatic heterocycles. The molecule has 0 aliphatic heterocycles. The van der Waals surface area contributed by atoms with Crippen molar-refractivity contribution >= 4 is 23.3 Å². The van der Waals surface area contributed by atoms with Crippen LogP contribution in [0.2, 0.25) is 0 Å². The second kappa shape index (κ2) is 5.60. The van der Waals surface area contributed by atoms with E-state index in [2.05, 4.69) is 10.6 Å². The van der Waals surface area contributed by atoms with Gasteiger partial charge in [0.2, 0.25) is 5.91 Å². The zero-order valence-corrected chi connectivity index (χ0v) is 11.3. The lowest BCUT2D eigenvalue weighted by Crippen LogP contribution is -2.39. The van der Waals surface area contributed by atoms with Crippen LogP contribution in [0.5, 0.6) is 0 Å². The minimum absolute atomic E-state index is 0.0442. The third-order valence-electron chi connectivity index (χ3n) is 2.90. The number of carboxylic acid groups (broad SMARTS) is 1. The normalized spacial score (nSPS) is 10.9. The molecular weight excluding hydrogens is 246 g/mol. The van der Waals surface area contributed by atoms with E-state index >= 15 is 0 Å². The molecule has 5 N–H and O–H groups in total. The molecule has 0 atom stereocenters. The first-order valence-electron chi connectivity index (χ1n) is 5.87. The first-order chi connectivity index (χ1) is 8.79. The van der Waals surface area contributed by atoms with Gasteiger partial charge in [0.05, 0.1) is 22.4 Å². The second-order valence-electron chi connectivity index (χ2n) is 4.89. The Balaban J connectivity index is 2.87. The summed E-state index contributed by atoms with van der Waals surface area (Å²) in [5, 5.41) is 14.6. The number of carboxylic acids is 1. The SMILES string of the molecule is CNC(=O)C(C)(C)CNc1cccc(C(=O)O)c1N. The molecular formula is C13H19N3O3. The van der Waals surface area contributed by atoms with Crippen molar-refractivity contribution in [3.8, 4) is 0 Å². The summed E-state index contributed by atoms with van der Waals surface area (Å²) in [6.07, 6.45) is 0. The van der Waals surface area contributed by atoms with Gasteiger partial charge in [-0.2, -0.15) is 0 Å². The molecule has 0 aliphatic rings. The molecule has 1 aromatic carbocycles. The van der Waals surface area contributed by atoms with Crippen molar-refractivity contribution in [2.24, 2.45) is 5.41 Å². The quantitative estimate of drug-likeness (QED) is 0.598. The zero-order valence-electron chi connectivity index (χ0n) is 11.3. The van der Waals surface area contributed by atoms with E-state index in [0.29, 0.717) is 12.2 Å². The summed E-state index contributed by atoms with van der Waals surface area (Å²) >= 11 is 0. The lowest BCUT2D eigenvalue weighted by molar-refractivity contribution is -0.128. The molecule has 0 aliphatic carbocycles. The molecule has 0 fully saturated rings. The Kier molecular flexibility index (Phi) is 4.37. The molecule has 6 heteroatoms. The molecule has 104 valence electrons. The van der Waals surface area contributed by atoms with Crippen molar-refractivity contribution in [1.82, 2.24) is 5.32 Å². The number of carbonyl (C=O) groups is 2. The molecule has 0 spiro atoms. The van der Waals surface area contributed by atoms with Crippen molar-refractivity contribution in [3.05, 3.63) is 23.8 Å². The van der Waals surface area contributed by atoms with Crippen LogP contribution in [0, 0.1) is 5.41 Å². The summed E-state index contributed by atoms with van der Waals surface area (Å²) in [6.45, 7) is 3.92. The van der Waals surface area contributed by atoms with E-state index in [-0.39, 0.29) is 17.2 Å². The zero-order chi connectivity index (χ0) is 14.6. The Morgan fingerprint density at radius 2 is 2.00 bits per heavy atom. The van der Waals surface area contributed by atoms with Crippen LogP contribution in [0.25, 0.3) is 0 Å². The van der Waals surface area contributed by atoms with Gasteiger partial charge in [-0.15, -0.1) is 0 Å². The smallest absolute Gasteiger partial charge is 0.337 e. The maximum absolute atomic E-state index is 11.6. The minimum atomic E-state index is -1.08. The Bertz CT molecular complexity index is 498. The molecule has 0 unspecified atom stereocenters. The predicted octanol–water partition coefficient (Wildman–Crippen LogP) is 1.15. The Morgan fingerprint density at radius 1 is 1.37 bits per heavy atom. The van der Waals surface area contributed by atoms with Crippen molar-refractivity contribution in [2.45, 2.75) is 13.8 Å². The van der Waals surface area contributed by atoms with Gasteiger partial charge in [0, 0.05) is 13.6 Å². The van der Waals surface area contributed by atoms with E-state index in [4.69, 9.17) is 10.8 Å². The van der Waals surface area contributed by atoms with Gasteiger partial charge >= 0.3 is 5.97 Å². The predicted molar refractivity (Wildman–Crippen MR) is 74.2 cm³/mol.